The van der Waals surface area contributed by atoms with Crippen molar-refractivity contribution in [2.45, 2.75) is 50.9 Å². The Balaban J connectivity index is 1.92. The number of amides is 1. The highest BCUT2D eigenvalue weighted by molar-refractivity contribution is 5.91. The van der Waals surface area contributed by atoms with E-state index in [9.17, 15) is 14.7 Å². The summed E-state index contributed by atoms with van der Waals surface area (Å²) in [6.07, 6.45) is 5.00. The molecule has 1 fully saturated rings. The van der Waals surface area contributed by atoms with Gasteiger partial charge in [0.15, 0.2) is 0 Å². The van der Waals surface area contributed by atoms with E-state index in [1.807, 2.05) is 12.1 Å². The predicted molar refractivity (Wildman–Crippen MR) is 77.8 cm³/mol. The quantitative estimate of drug-likeness (QED) is 0.750. The summed E-state index contributed by atoms with van der Waals surface area (Å²) >= 11 is 0. The average Bonchev–Trinajstić information content (AvgIpc) is 3.21. The van der Waals surface area contributed by atoms with Crippen LogP contribution in [0.2, 0.25) is 0 Å². The van der Waals surface area contributed by atoms with Crippen LogP contribution in [0.5, 0.6) is 0 Å². The number of benzene rings is 1. The van der Waals surface area contributed by atoms with Crippen LogP contribution in [0.25, 0.3) is 0 Å². The molecule has 1 aromatic carbocycles. The van der Waals surface area contributed by atoms with Crippen LogP contribution in [0.4, 0.5) is 5.69 Å². The summed E-state index contributed by atoms with van der Waals surface area (Å²) in [7, 11) is 0. The zero-order chi connectivity index (χ0) is 14.6. The fraction of sp³-hybridized carbons (Fsp3) is 0.500. The SMILES string of the molecule is CCCCCC(=O)Nc1ccc(C2(C(=O)O)CC2)cc1. The predicted octanol–water partition coefficient (Wildman–Crippen LogP) is 3.32. The van der Waals surface area contributed by atoms with Gasteiger partial charge in [-0.05, 0) is 37.0 Å². The zero-order valence-corrected chi connectivity index (χ0v) is 11.8. The van der Waals surface area contributed by atoms with Crippen molar-refractivity contribution in [2.24, 2.45) is 0 Å². The second-order valence-electron chi connectivity index (χ2n) is 5.47. The smallest absolute Gasteiger partial charge is 0.314 e. The topological polar surface area (TPSA) is 66.4 Å². The molecule has 0 aliphatic heterocycles. The number of unbranched alkanes of at least 4 members (excludes halogenated alkanes) is 2. The average molecular weight is 275 g/mol. The molecule has 0 spiro atoms. The van der Waals surface area contributed by atoms with Crippen LogP contribution < -0.4 is 5.32 Å². The van der Waals surface area contributed by atoms with E-state index in [-0.39, 0.29) is 5.91 Å². The molecule has 2 rings (SSSR count). The Hall–Kier alpha value is -1.84. The third kappa shape index (κ3) is 3.18. The summed E-state index contributed by atoms with van der Waals surface area (Å²) in [6.45, 7) is 2.10. The van der Waals surface area contributed by atoms with Crippen molar-refractivity contribution in [3.05, 3.63) is 29.8 Å². The highest BCUT2D eigenvalue weighted by atomic mass is 16.4. The maximum atomic E-state index is 11.7. The van der Waals surface area contributed by atoms with Gasteiger partial charge in [0.1, 0.15) is 0 Å². The Morgan fingerprint density at radius 2 is 1.85 bits per heavy atom. The van der Waals surface area contributed by atoms with Crippen LogP contribution in [-0.4, -0.2) is 17.0 Å². The van der Waals surface area contributed by atoms with E-state index in [2.05, 4.69) is 12.2 Å². The third-order valence-electron chi connectivity index (χ3n) is 3.89. The number of nitrogens with one attached hydrogen (secondary N) is 1. The van der Waals surface area contributed by atoms with Gasteiger partial charge in [0.2, 0.25) is 5.91 Å². The van der Waals surface area contributed by atoms with Gasteiger partial charge >= 0.3 is 5.97 Å². The molecule has 0 bridgehead atoms. The van der Waals surface area contributed by atoms with Crippen molar-refractivity contribution in [1.29, 1.82) is 0 Å². The first-order chi connectivity index (χ1) is 9.58. The molecule has 1 saturated carbocycles. The summed E-state index contributed by atoms with van der Waals surface area (Å²) in [5.41, 5.74) is 0.884. The number of carbonyl (C=O) groups is 2. The maximum absolute atomic E-state index is 11.7. The molecule has 0 radical (unpaired) electrons. The number of hydrogen-bond acceptors (Lipinski definition) is 2. The molecule has 4 nitrogen and oxygen atoms in total. The normalized spacial score (nSPS) is 15.7. The van der Waals surface area contributed by atoms with Crippen LogP contribution in [0.3, 0.4) is 0 Å². The van der Waals surface area contributed by atoms with Crippen LogP contribution >= 0.6 is 0 Å². The minimum Gasteiger partial charge on any atom is -0.481 e. The number of carboxylic acids is 1. The van der Waals surface area contributed by atoms with Crippen molar-refractivity contribution < 1.29 is 14.7 Å². The first-order valence-electron chi connectivity index (χ1n) is 7.22. The minimum absolute atomic E-state index is 0.0190. The van der Waals surface area contributed by atoms with Gasteiger partial charge in [-0.2, -0.15) is 0 Å². The molecular weight excluding hydrogens is 254 g/mol. The Labute approximate surface area is 119 Å². The van der Waals surface area contributed by atoms with Gasteiger partial charge in [-0.15, -0.1) is 0 Å². The molecule has 0 saturated heterocycles. The van der Waals surface area contributed by atoms with E-state index in [0.29, 0.717) is 19.3 Å². The maximum Gasteiger partial charge on any atom is 0.314 e. The van der Waals surface area contributed by atoms with Crippen molar-refractivity contribution in [1.82, 2.24) is 0 Å². The summed E-state index contributed by atoms with van der Waals surface area (Å²) < 4.78 is 0. The Kier molecular flexibility index (Phi) is 4.42. The summed E-state index contributed by atoms with van der Waals surface area (Å²) in [4.78, 5) is 22.9. The van der Waals surface area contributed by atoms with E-state index in [1.165, 1.54) is 0 Å². The molecule has 108 valence electrons. The van der Waals surface area contributed by atoms with Crippen LogP contribution in [0, 0.1) is 0 Å². The Bertz CT molecular complexity index is 489. The Morgan fingerprint density at radius 1 is 1.20 bits per heavy atom. The fourth-order valence-electron chi connectivity index (χ4n) is 2.38. The van der Waals surface area contributed by atoms with Crippen molar-refractivity contribution in [3.63, 3.8) is 0 Å². The second-order valence-corrected chi connectivity index (χ2v) is 5.47. The largest absolute Gasteiger partial charge is 0.481 e. The molecule has 1 aliphatic rings. The molecule has 0 heterocycles. The number of hydrogen-bond donors (Lipinski definition) is 2. The van der Waals surface area contributed by atoms with E-state index in [0.717, 1.165) is 30.5 Å². The molecule has 20 heavy (non-hydrogen) atoms. The van der Waals surface area contributed by atoms with E-state index in [4.69, 9.17) is 0 Å². The van der Waals surface area contributed by atoms with Gasteiger partial charge in [0.25, 0.3) is 0 Å². The molecule has 1 aromatic rings. The monoisotopic (exact) mass is 275 g/mol. The van der Waals surface area contributed by atoms with Crippen molar-refractivity contribution >= 4 is 17.6 Å². The minimum atomic E-state index is -0.756. The van der Waals surface area contributed by atoms with Gasteiger partial charge in [0.05, 0.1) is 5.41 Å². The van der Waals surface area contributed by atoms with Gasteiger partial charge in [-0.1, -0.05) is 31.9 Å². The lowest BCUT2D eigenvalue weighted by atomic mass is 9.96. The van der Waals surface area contributed by atoms with Crippen molar-refractivity contribution in [3.8, 4) is 0 Å². The summed E-state index contributed by atoms with van der Waals surface area (Å²) in [5.74, 6) is -0.737. The molecule has 1 amide bonds. The molecule has 1 aliphatic carbocycles. The first kappa shape index (κ1) is 14.6. The van der Waals surface area contributed by atoms with Crippen LogP contribution in [0.15, 0.2) is 24.3 Å². The lowest BCUT2D eigenvalue weighted by Crippen LogP contribution is -2.19. The number of rotatable bonds is 7. The molecule has 0 aromatic heterocycles. The van der Waals surface area contributed by atoms with Gasteiger partial charge in [-0.25, -0.2) is 0 Å². The molecule has 2 N–H and O–H groups in total. The number of aliphatic carboxylic acids is 1. The molecule has 4 heteroatoms. The van der Waals surface area contributed by atoms with Crippen LogP contribution in [-0.2, 0) is 15.0 Å². The summed E-state index contributed by atoms with van der Waals surface area (Å²) in [6, 6.07) is 7.19. The lowest BCUT2D eigenvalue weighted by Gasteiger charge is -2.11. The van der Waals surface area contributed by atoms with E-state index < -0.39 is 11.4 Å². The molecular formula is C16H21NO3. The van der Waals surface area contributed by atoms with Gasteiger partial charge in [0, 0.05) is 12.1 Å². The number of carbonyl (C=O) groups excluding carboxylic acids is 1. The van der Waals surface area contributed by atoms with E-state index in [1.54, 1.807) is 12.1 Å². The third-order valence-corrected chi connectivity index (χ3v) is 3.89. The highest BCUT2D eigenvalue weighted by Gasteiger charge is 2.51. The lowest BCUT2D eigenvalue weighted by molar-refractivity contribution is -0.140. The number of carboxylic acid groups (broad SMARTS) is 1. The van der Waals surface area contributed by atoms with Gasteiger partial charge in [-0.3, -0.25) is 9.59 Å². The summed E-state index contributed by atoms with van der Waals surface area (Å²) in [5, 5.41) is 12.1. The number of anilines is 1. The van der Waals surface area contributed by atoms with Gasteiger partial charge < -0.3 is 10.4 Å². The Morgan fingerprint density at radius 3 is 2.35 bits per heavy atom. The fourth-order valence-corrected chi connectivity index (χ4v) is 2.38. The highest BCUT2D eigenvalue weighted by Crippen LogP contribution is 2.48. The van der Waals surface area contributed by atoms with Crippen LogP contribution in [0.1, 0.15) is 51.0 Å². The molecule has 0 atom stereocenters. The molecule has 0 unspecified atom stereocenters. The second kappa shape index (κ2) is 6.07. The van der Waals surface area contributed by atoms with Crippen molar-refractivity contribution in [2.75, 3.05) is 5.32 Å². The standard InChI is InChI=1S/C16H21NO3/c1-2-3-4-5-14(18)17-13-8-6-12(7-9-13)16(10-11-16)15(19)20/h6-9H,2-5,10-11H2,1H3,(H,17,18)(H,19,20). The zero-order valence-electron chi connectivity index (χ0n) is 11.8. The van der Waals surface area contributed by atoms with E-state index >= 15 is 0 Å². The first-order valence-corrected chi connectivity index (χ1v) is 7.22.